The number of carbonyl (C=O) groups excluding carboxylic acids is 1. The van der Waals surface area contributed by atoms with E-state index in [1.165, 1.54) is 13.5 Å². The van der Waals surface area contributed by atoms with E-state index in [1.807, 2.05) is 42.7 Å². The molecule has 5 rings (SSSR count). The summed E-state index contributed by atoms with van der Waals surface area (Å²) in [6, 6.07) is 4.40. The lowest BCUT2D eigenvalue weighted by molar-refractivity contribution is -0.0795. The molecule has 1 unspecified atom stereocenters. The average Bonchev–Trinajstić information content (AvgIpc) is 3.22. The number of ether oxygens (including phenoxy) is 3. The van der Waals surface area contributed by atoms with Gasteiger partial charge in [-0.05, 0) is 71.9 Å². The molecular weight excluding hydrogens is 460 g/mol. The van der Waals surface area contributed by atoms with Gasteiger partial charge in [-0.3, -0.25) is 4.68 Å². The zero-order valence-corrected chi connectivity index (χ0v) is 21.9. The first-order valence-corrected chi connectivity index (χ1v) is 13.0. The van der Waals surface area contributed by atoms with Crippen LogP contribution < -0.4 is 9.64 Å². The summed E-state index contributed by atoms with van der Waals surface area (Å²) < 4.78 is 19.3. The second kappa shape index (κ2) is 9.59. The monoisotopic (exact) mass is 498 g/mol. The second-order valence-corrected chi connectivity index (χ2v) is 11.2. The highest BCUT2D eigenvalue weighted by molar-refractivity contribution is 5.77. The lowest BCUT2D eigenvalue weighted by Crippen LogP contribution is -2.52. The third kappa shape index (κ3) is 4.78. The minimum absolute atomic E-state index is 0.119. The lowest BCUT2D eigenvalue weighted by atomic mass is 9.91. The van der Waals surface area contributed by atoms with E-state index in [4.69, 9.17) is 14.2 Å². The maximum atomic E-state index is 12.3. The maximum Gasteiger partial charge on any atom is 0.410 e. The van der Waals surface area contributed by atoms with Crippen LogP contribution in [0, 0.1) is 0 Å². The molecule has 1 saturated heterocycles. The van der Waals surface area contributed by atoms with Crippen molar-refractivity contribution < 1.29 is 24.1 Å². The van der Waals surface area contributed by atoms with Gasteiger partial charge in [-0.2, -0.15) is 5.10 Å². The molecule has 0 radical (unpaired) electrons. The topological polar surface area (TPSA) is 89.3 Å². The van der Waals surface area contributed by atoms with E-state index in [9.17, 15) is 9.90 Å². The van der Waals surface area contributed by atoms with Crippen LogP contribution in [0.5, 0.6) is 5.75 Å². The Morgan fingerprint density at radius 3 is 2.58 bits per heavy atom. The van der Waals surface area contributed by atoms with E-state index in [1.54, 1.807) is 4.90 Å². The summed E-state index contributed by atoms with van der Waals surface area (Å²) in [6.45, 7) is 8.88. The molecule has 36 heavy (non-hydrogen) atoms. The molecule has 9 heteroatoms. The van der Waals surface area contributed by atoms with Gasteiger partial charge < -0.3 is 29.1 Å². The van der Waals surface area contributed by atoms with Gasteiger partial charge in [0, 0.05) is 54.8 Å². The molecule has 0 spiro atoms. The summed E-state index contributed by atoms with van der Waals surface area (Å²) in [4.78, 5) is 15.9. The van der Waals surface area contributed by atoms with E-state index in [0.29, 0.717) is 13.1 Å². The quantitative estimate of drug-likeness (QED) is 0.593. The Morgan fingerprint density at radius 1 is 1.19 bits per heavy atom. The molecule has 2 aliphatic heterocycles. The number of nitrogens with zero attached hydrogens (tertiary/aromatic N) is 4. The minimum atomic E-state index is -1.00. The Balaban J connectivity index is 1.40. The van der Waals surface area contributed by atoms with E-state index >= 15 is 0 Å². The highest BCUT2D eigenvalue weighted by Gasteiger charge is 2.36. The predicted octanol–water partition coefficient (Wildman–Crippen LogP) is 4.34. The van der Waals surface area contributed by atoms with Gasteiger partial charge in [0.15, 0.2) is 0 Å². The number of likely N-dealkylation sites (tertiary alicyclic amines) is 1. The van der Waals surface area contributed by atoms with Crippen LogP contribution in [0.25, 0.3) is 11.1 Å². The number of hydrogen-bond acceptors (Lipinski definition) is 7. The maximum absolute atomic E-state index is 12.3. The van der Waals surface area contributed by atoms with Crippen LogP contribution in [0.15, 0.2) is 24.5 Å². The molecule has 1 saturated carbocycles. The van der Waals surface area contributed by atoms with Crippen molar-refractivity contribution in [2.24, 2.45) is 0 Å². The molecule has 9 nitrogen and oxygen atoms in total. The Kier molecular flexibility index (Phi) is 6.63. The Morgan fingerprint density at radius 2 is 1.94 bits per heavy atom. The van der Waals surface area contributed by atoms with Gasteiger partial charge in [0.05, 0.1) is 18.3 Å². The summed E-state index contributed by atoms with van der Waals surface area (Å²) in [5.74, 6) is 0.890. The van der Waals surface area contributed by atoms with Crippen molar-refractivity contribution in [2.45, 2.75) is 90.0 Å². The van der Waals surface area contributed by atoms with Crippen LogP contribution in [-0.2, 0) is 15.9 Å². The number of fused-ring (bicyclic) bond motifs is 1. The van der Waals surface area contributed by atoms with Crippen molar-refractivity contribution >= 4 is 11.8 Å². The van der Waals surface area contributed by atoms with Gasteiger partial charge in [-0.25, -0.2) is 4.79 Å². The number of amides is 1. The number of rotatable bonds is 6. The fraction of sp³-hybridized carbons (Fsp3) is 0.630. The van der Waals surface area contributed by atoms with Gasteiger partial charge in [0.1, 0.15) is 11.4 Å². The number of aliphatic hydroxyl groups is 1. The Bertz CT molecular complexity index is 1100. The number of hydrogen-bond donors (Lipinski definition) is 1. The normalized spacial score (nSPS) is 21.4. The fourth-order valence-electron chi connectivity index (χ4n) is 5.07. The van der Waals surface area contributed by atoms with E-state index < -0.39 is 12.0 Å². The highest BCUT2D eigenvalue weighted by Crippen LogP contribution is 2.45. The number of aliphatic hydroxyl groups excluding tert-OH is 1. The number of benzene rings is 1. The summed E-state index contributed by atoms with van der Waals surface area (Å²) in [5, 5.41) is 15.2. The molecule has 196 valence electrons. The molecule has 1 amide bonds. The molecule has 2 aromatic rings. The summed E-state index contributed by atoms with van der Waals surface area (Å²) in [5.41, 5.74) is 3.57. The first kappa shape index (κ1) is 24.9. The zero-order valence-electron chi connectivity index (χ0n) is 21.9. The molecule has 0 bridgehead atoms. The van der Waals surface area contributed by atoms with Crippen molar-refractivity contribution in [1.82, 2.24) is 14.7 Å². The molecule has 1 aromatic heterocycles. The van der Waals surface area contributed by atoms with Crippen LogP contribution >= 0.6 is 0 Å². The van der Waals surface area contributed by atoms with Gasteiger partial charge in [-0.1, -0.05) is 0 Å². The molecule has 1 N–H and O–H groups in total. The van der Waals surface area contributed by atoms with Gasteiger partial charge in [0.25, 0.3) is 0 Å². The lowest BCUT2D eigenvalue weighted by Gasteiger charge is -2.40. The van der Waals surface area contributed by atoms with E-state index in [0.717, 1.165) is 53.8 Å². The van der Waals surface area contributed by atoms with Crippen LogP contribution in [0.3, 0.4) is 0 Å². The SMILES string of the molecule is COC(O)N1c2ccc(-c3cnn(C4CN(C(=O)OC(C)(C)C)C4)c3)c(OC3CCC3)c2CC[C@@H]1C. The Labute approximate surface area is 212 Å². The van der Waals surface area contributed by atoms with E-state index in [2.05, 4.69) is 24.2 Å². The summed E-state index contributed by atoms with van der Waals surface area (Å²) >= 11 is 0. The minimum Gasteiger partial charge on any atom is -0.489 e. The third-order valence-electron chi connectivity index (χ3n) is 7.39. The van der Waals surface area contributed by atoms with Gasteiger partial charge in [-0.15, -0.1) is 0 Å². The van der Waals surface area contributed by atoms with Gasteiger partial charge >= 0.3 is 6.09 Å². The van der Waals surface area contributed by atoms with Crippen LogP contribution in [-0.4, -0.2) is 70.2 Å². The van der Waals surface area contributed by atoms with Gasteiger partial charge in [0.2, 0.25) is 6.41 Å². The average molecular weight is 499 g/mol. The van der Waals surface area contributed by atoms with Crippen LogP contribution in [0.1, 0.15) is 65.0 Å². The standard InChI is InChI=1S/C27H38N4O5/c1-17-9-10-22-23(31(17)26(33)34-5)12-11-21(24(22)35-20-7-6-8-20)18-13-28-30(14-18)19-15-29(16-19)25(32)36-27(2,3)4/h11-14,17,19-20,26,33H,6-10,15-16H2,1-5H3/t17-,26?/m0/s1. The molecule has 1 aromatic carbocycles. The molecule has 2 atom stereocenters. The smallest absolute Gasteiger partial charge is 0.410 e. The van der Waals surface area contributed by atoms with Crippen molar-refractivity contribution in [2.75, 3.05) is 25.1 Å². The van der Waals surface area contributed by atoms with E-state index in [-0.39, 0.29) is 24.3 Å². The number of aromatic nitrogens is 2. The first-order valence-electron chi connectivity index (χ1n) is 13.0. The summed E-state index contributed by atoms with van der Waals surface area (Å²) in [6.07, 6.45) is 7.94. The second-order valence-electron chi connectivity index (χ2n) is 11.2. The fourth-order valence-corrected chi connectivity index (χ4v) is 5.07. The molecular formula is C27H38N4O5. The number of methoxy groups -OCH3 is 1. The molecule has 3 heterocycles. The van der Waals surface area contributed by atoms with Crippen molar-refractivity contribution in [3.05, 3.63) is 30.1 Å². The first-order chi connectivity index (χ1) is 17.1. The Hall–Kier alpha value is -2.78. The van der Waals surface area contributed by atoms with Crippen molar-refractivity contribution in [1.29, 1.82) is 0 Å². The van der Waals surface area contributed by atoms with Crippen molar-refractivity contribution in [3.63, 3.8) is 0 Å². The third-order valence-corrected chi connectivity index (χ3v) is 7.39. The van der Waals surface area contributed by atoms with Crippen LogP contribution in [0.2, 0.25) is 0 Å². The van der Waals surface area contributed by atoms with Crippen LogP contribution in [0.4, 0.5) is 10.5 Å². The molecule has 3 aliphatic rings. The molecule has 2 fully saturated rings. The largest absolute Gasteiger partial charge is 0.489 e. The summed E-state index contributed by atoms with van der Waals surface area (Å²) in [7, 11) is 1.52. The number of carbonyl (C=O) groups is 1. The predicted molar refractivity (Wildman–Crippen MR) is 136 cm³/mol. The number of anilines is 1. The highest BCUT2D eigenvalue weighted by atomic mass is 16.6. The van der Waals surface area contributed by atoms with Crippen molar-refractivity contribution in [3.8, 4) is 16.9 Å². The molecule has 1 aliphatic carbocycles. The zero-order chi connectivity index (χ0) is 25.6.